The summed E-state index contributed by atoms with van der Waals surface area (Å²) in [5.74, 6) is 0. The molecule has 0 fully saturated rings. The van der Waals surface area contributed by atoms with Crippen LogP contribution in [0.1, 0.15) is 0 Å². The second-order valence-corrected chi connectivity index (χ2v) is 81.5. The molecule has 0 spiro atoms. The van der Waals surface area contributed by atoms with Gasteiger partial charge in [0.1, 0.15) is 0 Å². The molecule has 0 N–H and O–H groups in total. The van der Waals surface area contributed by atoms with Crippen LogP contribution < -0.4 is 0 Å². The Morgan fingerprint density at radius 1 is 1.11 bits per heavy atom. The molecule has 0 unspecified atom stereocenters. The Hall–Kier alpha value is 3.92. The van der Waals surface area contributed by atoms with Gasteiger partial charge in [-0.15, -0.1) is 0 Å². The Morgan fingerprint density at radius 3 is 1.44 bits per heavy atom. The van der Waals surface area contributed by atoms with Gasteiger partial charge in [0.15, 0.2) is 0 Å². The molecular weight excluding hydrogens is 882 g/mol. The van der Waals surface area contributed by atoms with E-state index in [0.717, 1.165) is 0 Å². The number of carbonyl (C=O) groups excluding carboxylic acids is 1. The van der Waals surface area contributed by atoms with Crippen molar-refractivity contribution in [2.24, 2.45) is 0 Å². The van der Waals surface area contributed by atoms with Crippen molar-refractivity contribution in [3.8, 4) is 0 Å². The second-order valence-electron chi connectivity index (χ2n) is 1.88. The van der Waals surface area contributed by atoms with Gasteiger partial charge in [0.25, 0.3) is 0 Å². The fourth-order valence-corrected chi connectivity index (χ4v) is 227. The average Bonchev–Trinajstić information content (AvgIpc) is 1.95. The van der Waals surface area contributed by atoms with E-state index in [-0.39, 0.29) is 0 Å². The van der Waals surface area contributed by atoms with Crippen LogP contribution in [0.15, 0.2) is 0 Å². The van der Waals surface area contributed by atoms with Gasteiger partial charge in [-0.25, -0.2) is 0 Å². The third-order valence-electron chi connectivity index (χ3n) is 1.05. The second kappa shape index (κ2) is 7.33. The van der Waals surface area contributed by atoms with E-state index in [1.165, 1.54) is 6.29 Å². The number of aldehydes is 1. The van der Waals surface area contributed by atoms with E-state index in [0.29, 0.717) is -2.06 Å². The first-order valence-corrected chi connectivity index (χ1v) is 46.4. The predicted molar refractivity (Wildman–Crippen MR) is 35.5 cm³/mol. The molecule has 0 saturated carbocycles. The minimum atomic E-state index is -0.904. The summed E-state index contributed by atoms with van der Waals surface area (Å²) in [5, 5.41) is 0. The Balaban J connectivity index is 3.98. The van der Waals surface area contributed by atoms with Crippen LogP contribution in [0.4, 0.5) is 0 Å². The summed E-state index contributed by atoms with van der Waals surface area (Å²) >= 11 is 8.07. The zero-order valence-corrected chi connectivity index (χ0v) is 26.0. The SMILES string of the molecule is O=C[C]([Hg][Br])([Hg][Br])[Hg][Br]. The van der Waals surface area contributed by atoms with Crippen molar-refractivity contribution in [3.63, 3.8) is 0 Å². The van der Waals surface area contributed by atoms with Gasteiger partial charge in [0.05, 0.1) is 0 Å². The van der Waals surface area contributed by atoms with E-state index in [4.69, 9.17) is 0 Å². The molecule has 0 bridgehead atoms. The van der Waals surface area contributed by atoms with Crippen molar-refractivity contribution in [1.82, 2.24) is 0 Å². The molecule has 0 radical (unpaired) electrons. The van der Waals surface area contributed by atoms with Crippen LogP contribution in [-0.4, -0.2) is 6.29 Å². The van der Waals surface area contributed by atoms with Gasteiger partial charge >= 0.3 is 111 Å². The molecule has 1 nitrogen and oxygen atoms in total. The van der Waals surface area contributed by atoms with Crippen LogP contribution in [0.2, 0.25) is -2.06 Å². The van der Waals surface area contributed by atoms with E-state index in [9.17, 15) is 4.79 Å². The topological polar surface area (TPSA) is 17.1 Å². The van der Waals surface area contributed by atoms with Gasteiger partial charge < -0.3 is 0 Å². The first kappa shape index (κ1) is 12.9. The molecule has 9 heavy (non-hydrogen) atoms. The summed E-state index contributed by atoms with van der Waals surface area (Å²) in [6.45, 7) is 0. The quantitative estimate of drug-likeness (QED) is 0.314. The average molecular weight is 883 g/mol. The summed E-state index contributed by atoms with van der Waals surface area (Å²) in [6.07, 6.45) is 1.26. The van der Waals surface area contributed by atoms with E-state index < -0.39 is 66.4 Å². The van der Waals surface area contributed by atoms with Crippen molar-refractivity contribution < 1.29 is 71.2 Å². The Labute approximate surface area is 108 Å². The summed E-state index contributed by atoms with van der Waals surface area (Å²) < 4.78 is 0.403. The fraction of sp³-hybridized carbons (Fsp3) is 0.500. The van der Waals surface area contributed by atoms with Gasteiger partial charge in [-0.1, -0.05) is 0 Å². The van der Waals surface area contributed by atoms with Crippen LogP contribution >= 0.6 is 35.7 Å². The predicted octanol–water partition coefficient (Wildman–Crippen LogP) is 2.44. The van der Waals surface area contributed by atoms with E-state index in [1.54, 1.807) is 0 Å². The van der Waals surface area contributed by atoms with Crippen LogP contribution in [0.3, 0.4) is 0 Å². The standard InChI is InChI=1S/C2HO.3BrH.3Hg/c1-2-3;;;;;;/h2H;3*1H;;;/q;;;;3*+1/p-3. The van der Waals surface area contributed by atoms with Crippen LogP contribution in [0, 0.1) is 0 Å². The van der Waals surface area contributed by atoms with Crippen LogP contribution in [0.25, 0.3) is 0 Å². The molecule has 0 aromatic heterocycles. The van der Waals surface area contributed by atoms with Gasteiger partial charge in [0, 0.05) is 0 Å². The molecule has 42 valence electrons. The molecule has 0 saturated heterocycles. The normalized spacial score (nSPS) is 8.78. The molecule has 0 aliphatic rings. The molecule has 0 aromatic rings. The summed E-state index contributed by atoms with van der Waals surface area (Å²) in [5.41, 5.74) is 0. The Bertz CT molecular complexity index is 86.8. The van der Waals surface area contributed by atoms with Crippen LogP contribution in [-0.2, 0) is 71.2 Å². The minimum absolute atomic E-state index is 0.403. The number of hydrogen-bond donors (Lipinski definition) is 0. The van der Waals surface area contributed by atoms with Gasteiger partial charge in [-0.05, 0) is 0 Å². The third-order valence-corrected chi connectivity index (χ3v) is 240. The molecule has 0 rings (SSSR count). The van der Waals surface area contributed by atoms with Gasteiger partial charge in [0.2, 0.25) is 0 Å². The monoisotopic (exact) mass is 884 g/mol. The van der Waals surface area contributed by atoms with E-state index in [1.807, 2.05) is 0 Å². The van der Waals surface area contributed by atoms with Crippen molar-refractivity contribution >= 4 is 42.0 Å². The maximum absolute atomic E-state index is 10.6. The summed E-state index contributed by atoms with van der Waals surface area (Å²) in [7, 11) is 0. The number of hydrogen-bond acceptors (Lipinski definition) is 1. The first-order chi connectivity index (χ1) is 4.24. The van der Waals surface area contributed by atoms with Crippen molar-refractivity contribution in [3.05, 3.63) is 0 Å². The molecule has 0 aromatic carbocycles. The molecule has 0 amide bonds. The molecule has 0 atom stereocenters. The number of rotatable bonds is 4. The number of carbonyl (C=O) groups is 1. The van der Waals surface area contributed by atoms with Gasteiger partial charge in [-0.2, -0.15) is 0 Å². The molecular formula is C2HBr3Hg3O. The summed E-state index contributed by atoms with van der Waals surface area (Å²) in [6, 6.07) is 0. The zero-order chi connectivity index (χ0) is 7.33. The van der Waals surface area contributed by atoms with Crippen molar-refractivity contribution in [2.45, 2.75) is -2.06 Å². The van der Waals surface area contributed by atoms with E-state index in [2.05, 4.69) is 35.7 Å². The molecule has 7 heteroatoms. The third kappa shape index (κ3) is 4.62. The van der Waals surface area contributed by atoms with E-state index >= 15 is 0 Å². The van der Waals surface area contributed by atoms with Crippen LogP contribution in [0.5, 0.6) is 0 Å². The fourth-order valence-electron chi connectivity index (χ4n) is 0.202. The zero-order valence-electron chi connectivity index (χ0n) is 4.74. The molecule has 0 aliphatic heterocycles. The van der Waals surface area contributed by atoms with Crippen molar-refractivity contribution in [1.29, 1.82) is 0 Å². The first-order valence-electron chi connectivity index (χ1n) is 2.39. The van der Waals surface area contributed by atoms with Gasteiger partial charge in [-0.3, -0.25) is 0 Å². The summed E-state index contributed by atoms with van der Waals surface area (Å²) in [4.78, 5) is 10.6. The Kier molecular flexibility index (Phi) is 10.5. The maximum atomic E-state index is 10.6. The van der Waals surface area contributed by atoms with Crippen molar-refractivity contribution in [2.75, 3.05) is 0 Å². The Morgan fingerprint density at radius 2 is 1.44 bits per heavy atom. The number of halogens is 3. The molecule has 0 aliphatic carbocycles. The molecule has 0 heterocycles.